The molecule has 2 aromatic heterocycles. The minimum atomic E-state index is -0.226. The van der Waals surface area contributed by atoms with Crippen LogP contribution >= 0.6 is 0 Å². The lowest BCUT2D eigenvalue weighted by Crippen LogP contribution is -2.48. The van der Waals surface area contributed by atoms with Gasteiger partial charge in [0.2, 0.25) is 0 Å². The molecule has 1 fully saturated rings. The van der Waals surface area contributed by atoms with Crippen molar-refractivity contribution in [2.45, 2.75) is 57.3 Å². The number of piperidine rings is 1. The van der Waals surface area contributed by atoms with E-state index in [0.717, 1.165) is 42.8 Å². The first-order valence-corrected chi connectivity index (χ1v) is 9.23. The van der Waals surface area contributed by atoms with E-state index in [-0.39, 0.29) is 22.3 Å². The molecule has 1 aliphatic carbocycles. The Balaban J connectivity index is 1.72. The zero-order valence-electron chi connectivity index (χ0n) is 15.6. The molecule has 138 valence electrons. The Morgan fingerprint density at radius 3 is 2.81 bits per heavy atom. The van der Waals surface area contributed by atoms with Crippen molar-refractivity contribution in [3.05, 3.63) is 45.7 Å². The van der Waals surface area contributed by atoms with E-state index in [0.29, 0.717) is 18.9 Å². The number of hydrogen-bond donors (Lipinski definition) is 2. The predicted octanol–water partition coefficient (Wildman–Crippen LogP) is 1.91. The Kier molecular flexibility index (Phi) is 3.78. The van der Waals surface area contributed by atoms with Crippen LogP contribution in [0.1, 0.15) is 67.7 Å². The average molecular weight is 355 g/mol. The molecule has 7 heteroatoms. The van der Waals surface area contributed by atoms with E-state index < -0.39 is 0 Å². The number of aromatic nitrogens is 4. The van der Waals surface area contributed by atoms with Crippen molar-refractivity contribution in [2.75, 3.05) is 13.1 Å². The summed E-state index contributed by atoms with van der Waals surface area (Å²) in [5, 5.41) is 0. The number of nitrogens with one attached hydrogen (secondary N) is 2. The average Bonchev–Trinajstić information content (AvgIpc) is 3.23. The SMILES string of the molecule is CC(C)(C)c1nc2c(c(=O)[nH]1)CCC21CCCN(C(=O)c2ncc[nH]2)C1. The van der Waals surface area contributed by atoms with Crippen LogP contribution in [0.25, 0.3) is 0 Å². The molecule has 26 heavy (non-hydrogen) atoms. The molecule has 1 aliphatic heterocycles. The van der Waals surface area contributed by atoms with Crippen molar-refractivity contribution in [2.24, 2.45) is 0 Å². The first-order valence-electron chi connectivity index (χ1n) is 9.23. The van der Waals surface area contributed by atoms with Crippen LogP contribution in [0.5, 0.6) is 0 Å². The van der Waals surface area contributed by atoms with E-state index in [4.69, 9.17) is 4.98 Å². The lowest BCUT2D eigenvalue weighted by molar-refractivity contribution is 0.0622. The van der Waals surface area contributed by atoms with Gasteiger partial charge in [0.15, 0.2) is 5.82 Å². The summed E-state index contributed by atoms with van der Waals surface area (Å²) >= 11 is 0. The highest BCUT2D eigenvalue weighted by Gasteiger charge is 2.46. The monoisotopic (exact) mass is 355 g/mol. The molecule has 0 saturated carbocycles. The Hall–Kier alpha value is -2.44. The maximum absolute atomic E-state index is 12.7. The first-order chi connectivity index (χ1) is 12.3. The van der Waals surface area contributed by atoms with E-state index >= 15 is 0 Å². The van der Waals surface area contributed by atoms with Crippen LogP contribution in [-0.2, 0) is 17.3 Å². The highest BCUT2D eigenvalue weighted by atomic mass is 16.2. The maximum atomic E-state index is 12.7. The number of fused-ring (bicyclic) bond motifs is 2. The molecular weight excluding hydrogens is 330 g/mol. The van der Waals surface area contributed by atoms with Gasteiger partial charge < -0.3 is 14.9 Å². The number of nitrogens with zero attached hydrogens (tertiary/aromatic N) is 3. The van der Waals surface area contributed by atoms with Gasteiger partial charge in [-0.25, -0.2) is 9.97 Å². The second kappa shape index (κ2) is 5.79. The van der Waals surface area contributed by atoms with Gasteiger partial charge in [0, 0.05) is 41.9 Å². The molecule has 1 spiro atoms. The van der Waals surface area contributed by atoms with Gasteiger partial charge in [-0.15, -0.1) is 0 Å². The van der Waals surface area contributed by atoms with Gasteiger partial charge in [-0.1, -0.05) is 20.8 Å². The number of hydrogen-bond acceptors (Lipinski definition) is 4. The molecule has 1 unspecified atom stereocenters. The van der Waals surface area contributed by atoms with Gasteiger partial charge in [-0.2, -0.15) is 0 Å². The molecule has 4 rings (SSSR count). The maximum Gasteiger partial charge on any atom is 0.289 e. The van der Waals surface area contributed by atoms with E-state index in [1.807, 2.05) is 25.7 Å². The van der Waals surface area contributed by atoms with Gasteiger partial charge >= 0.3 is 0 Å². The van der Waals surface area contributed by atoms with E-state index in [9.17, 15) is 9.59 Å². The Labute approximate surface area is 152 Å². The van der Waals surface area contributed by atoms with E-state index in [1.54, 1.807) is 12.4 Å². The fourth-order valence-electron chi connectivity index (χ4n) is 4.24. The van der Waals surface area contributed by atoms with E-state index in [1.165, 1.54) is 0 Å². The summed E-state index contributed by atoms with van der Waals surface area (Å²) in [6.07, 6.45) is 6.72. The standard InChI is InChI=1S/C19H25N5O2/c1-18(2,3)17-22-13-12(15(25)23-17)5-7-19(13)6-4-10-24(11-19)16(26)14-20-8-9-21-14/h8-9H,4-7,10-11H2,1-3H3,(H,20,21)(H,22,23,25). The molecule has 3 heterocycles. The van der Waals surface area contributed by atoms with Crippen LogP contribution in [0.2, 0.25) is 0 Å². The predicted molar refractivity (Wildman–Crippen MR) is 97.3 cm³/mol. The number of amides is 1. The van der Waals surface area contributed by atoms with E-state index in [2.05, 4.69) is 15.0 Å². The number of imidazole rings is 1. The third kappa shape index (κ3) is 2.66. The second-order valence-electron chi connectivity index (χ2n) is 8.54. The highest BCUT2D eigenvalue weighted by Crippen LogP contribution is 2.43. The molecule has 1 amide bonds. The zero-order valence-corrected chi connectivity index (χ0v) is 15.6. The van der Waals surface area contributed by atoms with Crippen molar-refractivity contribution in [3.63, 3.8) is 0 Å². The summed E-state index contributed by atoms with van der Waals surface area (Å²) in [6, 6.07) is 0. The smallest absolute Gasteiger partial charge is 0.289 e. The number of aromatic amines is 2. The zero-order chi connectivity index (χ0) is 18.5. The van der Waals surface area contributed by atoms with Crippen molar-refractivity contribution < 1.29 is 4.79 Å². The normalized spacial score (nSPS) is 22.7. The quantitative estimate of drug-likeness (QED) is 0.817. The molecule has 1 saturated heterocycles. The molecule has 7 nitrogen and oxygen atoms in total. The summed E-state index contributed by atoms with van der Waals surface area (Å²) in [5.41, 5.74) is 1.24. The van der Waals surface area contributed by atoms with Crippen molar-refractivity contribution in [1.82, 2.24) is 24.8 Å². The van der Waals surface area contributed by atoms with Gasteiger partial charge in [0.25, 0.3) is 11.5 Å². The van der Waals surface area contributed by atoms with Crippen LogP contribution < -0.4 is 5.56 Å². The molecule has 0 bridgehead atoms. The largest absolute Gasteiger partial charge is 0.341 e. The molecule has 0 radical (unpaired) electrons. The van der Waals surface area contributed by atoms with Gasteiger partial charge in [0.1, 0.15) is 5.82 Å². The van der Waals surface area contributed by atoms with Crippen LogP contribution in [0.4, 0.5) is 0 Å². The highest BCUT2D eigenvalue weighted by molar-refractivity contribution is 5.90. The molecule has 2 aliphatic rings. The Bertz CT molecular complexity index is 894. The topological polar surface area (TPSA) is 94.7 Å². The molecule has 1 atom stereocenters. The molecule has 2 aromatic rings. The first kappa shape index (κ1) is 17.0. The summed E-state index contributed by atoms with van der Waals surface area (Å²) in [5.74, 6) is 1.01. The Morgan fingerprint density at radius 1 is 1.31 bits per heavy atom. The molecule has 0 aromatic carbocycles. The minimum Gasteiger partial charge on any atom is -0.341 e. The number of carbonyl (C=O) groups is 1. The number of likely N-dealkylation sites (tertiary alicyclic amines) is 1. The Morgan fingerprint density at radius 2 is 2.12 bits per heavy atom. The second-order valence-corrected chi connectivity index (χ2v) is 8.54. The van der Waals surface area contributed by atoms with Gasteiger partial charge in [0.05, 0.1) is 5.69 Å². The fourth-order valence-corrected chi connectivity index (χ4v) is 4.24. The van der Waals surface area contributed by atoms with Crippen molar-refractivity contribution in [1.29, 1.82) is 0 Å². The number of carbonyl (C=O) groups excluding carboxylic acids is 1. The number of rotatable bonds is 1. The summed E-state index contributed by atoms with van der Waals surface area (Å²) < 4.78 is 0. The van der Waals surface area contributed by atoms with Crippen molar-refractivity contribution in [3.8, 4) is 0 Å². The lowest BCUT2D eigenvalue weighted by atomic mass is 9.77. The number of H-pyrrole nitrogens is 2. The molecule has 2 N–H and O–H groups in total. The third-order valence-electron chi connectivity index (χ3n) is 5.65. The van der Waals surface area contributed by atoms with Crippen molar-refractivity contribution >= 4 is 5.91 Å². The summed E-state index contributed by atoms with van der Waals surface area (Å²) in [6.45, 7) is 7.46. The van der Waals surface area contributed by atoms with Gasteiger partial charge in [-0.05, 0) is 25.7 Å². The fraction of sp³-hybridized carbons (Fsp3) is 0.579. The minimum absolute atomic E-state index is 0.0220. The van der Waals surface area contributed by atoms with Crippen LogP contribution in [0.3, 0.4) is 0 Å². The van der Waals surface area contributed by atoms with Gasteiger partial charge in [-0.3, -0.25) is 9.59 Å². The third-order valence-corrected chi connectivity index (χ3v) is 5.65. The lowest BCUT2D eigenvalue weighted by Gasteiger charge is -2.40. The molecular formula is C19H25N5O2. The summed E-state index contributed by atoms with van der Waals surface area (Å²) in [4.78, 5) is 42.1. The van der Waals surface area contributed by atoms with Crippen LogP contribution in [0.15, 0.2) is 17.2 Å². The van der Waals surface area contributed by atoms with Crippen LogP contribution in [-0.4, -0.2) is 43.8 Å². The summed E-state index contributed by atoms with van der Waals surface area (Å²) in [7, 11) is 0. The van der Waals surface area contributed by atoms with Crippen LogP contribution in [0, 0.1) is 0 Å².